The van der Waals surface area contributed by atoms with Crippen molar-refractivity contribution in [2.24, 2.45) is 0 Å². The topological polar surface area (TPSA) is 70.5 Å². The van der Waals surface area contributed by atoms with E-state index in [1.165, 1.54) is 12.8 Å². The van der Waals surface area contributed by atoms with Gasteiger partial charge in [0, 0.05) is 18.8 Å². The summed E-state index contributed by atoms with van der Waals surface area (Å²) in [5.74, 6) is 0. The van der Waals surface area contributed by atoms with E-state index >= 15 is 0 Å². The molecule has 3 N–H and O–H groups in total. The maximum absolute atomic E-state index is 10.2. The van der Waals surface area contributed by atoms with Gasteiger partial charge in [0.1, 0.15) is 0 Å². The molecule has 0 saturated carbocycles. The van der Waals surface area contributed by atoms with Gasteiger partial charge in [-0.05, 0) is 39.5 Å². The minimum Gasteiger partial charge on any atom is -0.396 e. The number of aliphatic hydroxyl groups is 1. The van der Waals surface area contributed by atoms with Crippen molar-refractivity contribution >= 4 is 5.69 Å². The van der Waals surface area contributed by atoms with E-state index in [2.05, 4.69) is 28.9 Å². The summed E-state index contributed by atoms with van der Waals surface area (Å²) >= 11 is 0. The van der Waals surface area contributed by atoms with Crippen molar-refractivity contribution in [2.75, 3.05) is 39.0 Å². The predicted octanol–water partition coefficient (Wildman–Crippen LogP) is 0.242. The maximum atomic E-state index is 10.2. The number of likely N-dealkylation sites (tertiary alicyclic amines) is 1. The van der Waals surface area contributed by atoms with E-state index < -0.39 is 6.10 Å². The lowest BCUT2D eigenvalue weighted by Gasteiger charge is -2.37. The van der Waals surface area contributed by atoms with Gasteiger partial charge in [0.25, 0.3) is 0 Å². The molecule has 0 bridgehead atoms. The van der Waals surface area contributed by atoms with Gasteiger partial charge >= 0.3 is 0 Å². The number of nitrogens with two attached hydrogens (primary N) is 1. The lowest BCUT2D eigenvalue weighted by Crippen LogP contribution is -2.46. The zero-order valence-electron chi connectivity index (χ0n) is 12.6. The molecule has 2 heterocycles. The van der Waals surface area contributed by atoms with Crippen LogP contribution in [-0.4, -0.2) is 70.1 Å². The fraction of sp³-hybridized carbons (Fsp3) is 0.786. The van der Waals surface area contributed by atoms with E-state index in [0.717, 1.165) is 19.6 Å². The number of anilines is 1. The zero-order valence-corrected chi connectivity index (χ0v) is 12.6. The van der Waals surface area contributed by atoms with Gasteiger partial charge in [-0.15, -0.1) is 0 Å². The molecule has 1 unspecified atom stereocenters. The molecule has 0 amide bonds. The van der Waals surface area contributed by atoms with Gasteiger partial charge < -0.3 is 20.6 Å². The van der Waals surface area contributed by atoms with Crippen LogP contribution >= 0.6 is 0 Å². The largest absolute Gasteiger partial charge is 0.396 e. The van der Waals surface area contributed by atoms with Gasteiger partial charge in [-0.2, -0.15) is 5.10 Å². The molecule has 1 aromatic rings. The van der Waals surface area contributed by atoms with Gasteiger partial charge in [-0.1, -0.05) is 6.92 Å². The van der Waals surface area contributed by atoms with Crippen LogP contribution in [0.5, 0.6) is 0 Å². The molecule has 1 saturated heterocycles. The van der Waals surface area contributed by atoms with Gasteiger partial charge in [-0.3, -0.25) is 4.68 Å². The van der Waals surface area contributed by atoms with Gasteiger partial charge in [0.2, 0.25) is 0 Å². The summed E-state index contributed by atoms with van der Waals surface area (Å²) in [7, 11) is 2.10. The summed E-state index contributed by atoms with van der Waals surface area (Å²) in [6.07, 6.45) is 5.32. The van der Waals surface area contributed by atoms with Crippen molar-refractivity contribution in [3.63, 3.8) is 0 Å². The highest BCUT2D eigenvalue weighted by Gasteiger charge is 2.23. The van der Waals surface area contributed by atoms with Crippen molar-refractivity contribution in [3.05, 3.63) is 12.4 Å². The average molecular weight is 281 g/mol. The third-order valence-corrected chi connectivity index (χ3v) is 4.18. The molecule has 2 rings (SSSR count). The molecule has 1 aromatic heterocycles. The number of nitrogen functional groups attached to an aromatic ring is 1. The van der Waals surface area contributed by atoms with Crippen LogP contribution in [0.15, 0.2) is 12.4 Å². The van der Waals surface area contributed by atoms with Crippen LogP contribution in [0.4, 0.5) is 5.69 Å². The number of hydrogen-bond acceptors (Lipinski definition) is 5. The molecular weight excluding hydrogens is 254 g/mol. The summed E-state index contributed by atoms with van der Waals surface area (Å²) in [5.41, 5.74) is 6.26. The van der Waals surface area contributed by atoms with Crippen LogP contribution in [0.3, 0.4) is 0 Å². The zero-order chi connectivity index (χ0) is 14.5. The first-order valence-electron chi connectivity index (χ1n) is 7.47. The number of aliphatic hydroxyl groups excluding tert-OH is 1. The molecule has 6 nitrogen and oxygen atoms in total. The quantitative estimate of drug-likeness (QED) is 0.782. The third kappa shape index (κ3) is 4.19. The maximum Gasteiger partial charge on any atom is 0.0862 e. The molecule has 6 heteroatoms. The number of rotatable bonds is 6. The lowest BCUT2D eigenvalue weighted by molar-refractivity contribution is 0.0647. The normalized spacial score (nSPS) is 19.6. The Balaban J connectivity index is 1.75. The van der Waals surface area contributed by atoms with E-state index in [-0.39, 0.29) is 0 Å². The van der Waals surface area contributed by atoms with Crippen LogP contribution < -0.4 is 5.73 Å². The monoisotopic (exact) mass is 281 g/mol. The second-order valence-electron chi connectivity index (χ2n) is 5.75. The number of likely N-dealkylation sites (N-methyl/N-ethyl adjacent to an activating group) is 1. The predicted molar refractivity (Wildman–Crippen MR) is 80.4 cm³/mol. The van der Waals surface area contributed by atoms with Crippen LogP contribution in [0, 0.1) is 0 Å². The summed E-state index contributed by atoms with van der Waals surface area (Å²) in [6, 6.07) is 0.579. The molecule has 0 radical (unpaired) electrons. The summed E-state index contributed by atoms with van der Waals surface area (Å²) < 4.78 is 1.70. The average Bonchev–Trinajstić information content (AvgIpc) is 2.84. The molecule has 1 atom stereocenters. The van der Waals surface area contributed by atoms with Crippen molar-refractivity contribution in [2.45, 2.75) is 38.5 Å². The van der Waals surface area contributed by atoms with E-state index in [9.17, 15) is 5.11 Å². The first-order valence-corrected chi connectivity index (χ1v) is 7.47. The molecular formula is C14H27N5O. The Labute approximate surface area is 121 Å². The van der Waals surface area contributed by atoms with E-state index in [0.29, 0.717) is 24.8 Å². The minimum atomic E-state index is -0.413. The molecule has 0 aromatic carbocycles. The molecule has 0 aliphatic carbocycles. The van der Waals surface area contributed by atoms with E-state index in [1.54, 1.807) is 17.1 Å². The third-order valence-electron chi connectivity index (χ3n) is 4.18. The van der Waals surface area contributed by atoms with E-state index in [4.69, 9.17) is 5.73 Å². The lowest BCUT2D eigenvalue weighted by atomic mass is 10.0. The number of piperidine rings is 1. The Kier molecular flexibility index (Phi) is 5.39. The molecule has 1 aliphatic heterocycles. The summed E-state index contributed by atoms with van der Waals surface area (Å²) in [6.45, 7) is 6.85. The van der Waals surface area contributed by atoms with Crippen LogP contribution in [-0.2, 0) is 6.54 Å². The number of nitrogens with zero attached hydrogens (tertiary/aromatic N) is 4. The Morgan fingerprint density at radius 3 is 2.75 bits per heavy atom. The second kappa shape index (κ2) is 7.06. The van der Waals surface area contributed by atoms with Crippen molar-refractivity contribution in [1.82, 2.24) is 19.6 Å². The van der Waals surface area contributed by atoms with E-state index in [1.807, 2.05) is 0 Å². The SMILES string of the molecule is CCN1CCC(N(C)CC(O)Cn2cc(N)cn2)CC1. The highest BCUT2D eigenvalue weighted by molar-refractivity contribution is 5.30. The number of hydrogen-bond donors (Lipinski definition) is 2. The Morgan fingerprint density at radius 2 is 2.20 bits per heavy atom. The van der Waals surface area contributed by atoms with Gasteiger partial charge in [0.15, 0.2) is 0 Å². The summed E-state index contributed by atoms with van der Waals surface area (Å²) in [4.78, 5) is 4.76. The first-order chi connectivity index (χ1) is 9.58. The van der Waals surface area contributed by atoms with Crippen LogP contribution in [0.1, 0.15) is 19.8 Å². The highest BCUT2D eigenvalue weighted by atomic mass is 16.3. The number of aromatic nitrogens is 2. The Bertz CT molecular complexity index is 400. The van der Waals surface area contributed by atoms with Crippen molar-refractivity contribution in [3.8, 4) is 0 Å². The fourth-order valence-corrected chi connectivity index (χ4v) is 2.91. The smallest absolute Gasteiger partial charge is 0.0862 e. The molecule has 1 aliphatic rings. The second-order valence-corrected chi connectivity index (χ2v) is 5.75. The highest BCUT2D eigenvalue weighted by Crippen LogP contribution is 2.15. The standard InChI is InChI=1S/C14H27N5O/c1-3-18-6-4-13(5-7-18)17(2)10-14(20)11-19-9-12(15)8-16-19/h8-9,13-14,20H,3-7,10-11,15H2,1-2H3. The molecule has 114 valence electrons. The summed E-state index contributed by atoms with van der Waals surface area (Å²) in [5, 5.41) is 14.3. The molecule has 20 heavy (non-hydrogen) atoms. The van der Waals surface area contributed by atoms with Crippen molar-refractivity contribution < 1.29 is 5.11 Å². The van der Waals surface area contributed by atoms with Crippen molar-refractivity contribution in [1.29, 1.82) is 0 Å². The van der Waals surface area contributed by atoms with Crippen LogP contribution in [0.25, 0.3) is 0 Å². The van der Waals surface area contributed by atoms with Gasteiger partial charge in [0.05, 0.1) is 24.5 Å². The first kappa shape index (κ1) is 15.3. The fourth-order valence-electron chi connectivity index (χ4n) is 2.91. The molecule has 1 fully saturated rings. The Hall–Kier alpha value is -1.11. The van der Waals surface area contributed by atoms with Gasteiger partial charge in [-0.25, -0.2) is 0 Å². The molecule has 0 spiro atoms. The minimum absolute atomic E-state index is 0.413. The van der Waals surface area contributed by atoms with Crippen LogP contribution in [0.2, 0.25) is 0 Å². The Morgan fingerprint density at radius 1 is 1.50 bits per heavy atom.